The standard InChI is InChI=1S/C33H26ClN3O8S/c1-44-33(39)21-6-2-4-8-26(21)45-32(38)19-12-15-24-22(16-19)29-23(31(35-24)18-10-13-20(14-11-18)36(40)41)17-28(30(29)34)46-27-9-5-3-7-25(27)37(42)43/h2-16,23,28-31,35H,17H2,1H3/t23-,28+,29+,30+,31+/m1/s1. The summed E-state index contributed by atoms with van der Waals surface area (Å²) in [7, 11) is 1.24. The first kappa shape index (κ1) is 31.1. The summed E-state index contributed by atoms with van der Waals surface area (Å²) in [5.41, 5.74) is 2.66. The summed E-state index contributed by atoms with van der Waals surface area (Å²) in [5.74, 6) is -1.67. The van der Waals surface area contributed by atoms with E-state index in [4.69, 9.17) is 21.1 Å². The number of hydrogen-bond donors (Lipinski definition) is 1. The zero-order valence-electron chi connectivity index (χ0n) is 24.2. The van der Waals surface area contributed by atoms with Crippen LogP contribution < -0.4 is 10.1 Å². The molecule has 11 nitrogen and oxygen atoms in total. The number of esters is 2. The number of nitrogens with one attached hydrogen (secondary N) is 1. The molecule has 0 radical (unpaired) electrons. The summed E-state index contributed by atoms with van der Waals surface area (Å²) in [6.45, 7) is 0. The molecule has 0 spiro atoms. The molecule has 0 unspecified atom stereocenters. The van der Waals surface area contributed by atoms with Crippen molar-refractivity contribution in [2.75, 3.05) is 12.4 Å². The number of anilines is 1. The lowest BCUT2D eigenvalue weighted by atomic mass is 9.77. The first-order valence-electron chi connectivity index (χ1n) is 14.2. The summed E-state index contributed by atoms with van der Waals surface area (Å²) < 4.78 is 10.4. The number of non-ortho nitro benzene ring substituents is 1. The molecule has 1 aliphatic heterocycles. The van der Waals surface area contributed by atoms with Gasteiger partial charge < -0.3 is 14.8 Å². The number of hydrogen-bond acceptors (Lipinski definition) is 10. The molecule has 4 aromatic carbocycles. The van der Waals surface area contributed by atoms with E-state index in [1.807, 2.05) is 0 Å². The number of ether oxygens (including phenoxy) is 2. The number of nitro benzene ring substituents is 2. The van der Waals surface area contributed by atoms with Gasteiger partial charge in [0, 0.05) is 35.1 Å². The molecule has 46 heavy (non-hydrogen) atoms. The molecule has 234 valence electrons. The predicted molar refractivity (Wildman–Crippen MR) is 172 cm³/mol. The van der Waals surface area contributed by atoms with Crippen molar-refractivity contribution in [2.24, 2.45) is 5.92 Å². The SMILES string of the molecule is COC(=O)c1ccccc1OC(=O)c1ccc2c(c1)[C@@H]1[C@@H](Cl)[C@@H](Sc3ccccc3[N+](=O)[O-])C[C@H]1[C@H](c1ccc([N+](=O)[O-])cc1)N2. The van der Waals surface area contributed by atoms with Gasteiger partial charge in [0.1, 0.15) is 11.3 Å². The second-order valence-electron chi connectivity index (χ2n) is 10.9. The molecule has 1 heterocycles. The third kappa shape index (κ3) is 5.88. The summed E-state index contributed by atoms with van der Waals surface area (Å²) in [6, 6.07) is 24.0. The predicted octanol–water partition coefficient (Wildman–Crippen LogP) is 7.55. The van der Waals surface area contributed by atoms with Crippen molar-refractivity contribution in [3.8, 4) is 5.75 Å². The second-order valence-corrected chi connectivity index (χ2v) is 12.7. The minimum atomic E-state index is -0.678. The summed E-state index contributed by atoms with van der Waals surface area (Å²) in [4.78, 5) is 48.3. The fourth-order valence-electron chi connectivity index (χ4n) is 6.24. The van der Waals surface area contributed by atoms with Crippen LogP contribution in [0.5, 0.6) is 5.75 Å². The van der Waals surface area contributed by atoms with Crippen LogP contribution in [0.15, 0.2) is 95.9 Å². The Bertz CT molecular complexity index is 1850. The first-order chi connectivity index (χ1) is 22.2. The molecule has 0 bridgehead atoms. The van der Waals surface area contributed by atoms with Crippen molar-refractivity contribution >= 4 is 52.4 Å². The van der Waals surface area contributed by atoms with Gasteiger partial charge in [0.05, 0.1) is 38.8 Å². The average Bonchev–Trinajstić information content (AvgIpc) is 3.39. The molecule has 13 heteroatoms. The molecule has 2 aliphatic rings. The number of rotatable bonds is 8. The van der Waals surface area contributed by atoms with Crippen LogP contribution in [0.1, 0.15) is 50.2 Å². The van der Waals surface area contributed by atoms with Gasteiger partial charge in [0.25, 0.3) is 11.4 Å². The number of halogens is 1. The van der Waals surface area contributed by atoms with E-state index in [-0.39, 0.29) is 51.4 Å². The topological polar surface area (TPSA) is 151 Å². The van der Waals surface area contributed by atoms with E-state index in [9.17, 15) is 29.8 Å². The molecule has 1 N–H and O–H groups in total. The number of para-hydroxylation sites is 2. The molecule has 1 fully saturated rings. The van der Waals surface area contributed by atoms with E-state index in [1.165, 1.54) is 49.2 Å². The smallest absolute Gasteiger partial charge is 0.343 e. The fraction of sp³-hybridized carbons (Fsp3) is 0.212. The summed E-state index contributed by atoms with van der Waals surface area (Å²) in [6.07, 6.45) is 0.574. The second kappa shape index (κ2) is 12.8. The van der Waals surface area contributed by atoms with Crippen LogP contribution in [0, 0.1) is 26.1 Å². The van der Waals surface area contributed by atoms with Crippen LogP contribution in [0.4, 0.5) is 17.1 Å². The Balaban J connectivity index is 1.36. The van der Waals surface area contributed by atoms with Crippen LogP contribution in [0.25, 0.3) is 0 Å². The van der Waals surface area contributed by atoms with Gasteiger partial charge in [-0.25, -0.2) is 9.59 Å². The molecule has 1 saturated carbocycles. The Hall–Kier alpha value is -4.94. The van der Waals surface area contributed by atoms with E-state index in [2.05, 4.69) is 5.32 Å². The molecular formula is C33H26ClN3O8S. The van der Waals surface area contributed by atoms with Crippen molar-refractivity contribution in [3.63, 3.8) is 0 Å². The highest BCUT2D eigenvalue weighted by Crippen LogP contribution is 2.58. The van der Waals surface area contributed by atoms with E-state index < -0.39 is 27.2 Å². The van der Waals surface area contributed by atoms with Gasteiger partial charge in [-0.15, -0.1) is 23.4 Å². The Labute approximate surface area is 272 Å². The van der Waals surface area contributed by atoms with Crippen molar-refractivity contribution in [3.05, 3.63) is 133 Å². The Kier molecular flexibility index (Phi) is 8.65. The van der Waals surface area contributed by atoms with Gasteiger partial charge in [-0.05, 0) is 59.9 Å². The maximum absolute atomic E-state index is 13.4. The number of carbonyl (C=O) groups excluding carboxylic acids is 2. The molecule has 0 aromatic heterocycles. The minimum absolute atomic E-state index is 0.00560. The van der Waals surface area contributed by atoms with Crippen LogP contribution in [0.3, 0.4) is 0 Å². The van der Waals surface area contributed by atoms with E-state index in [0.717, 1.165) is 16.8 Å². The van der Waals surface area contributed by atoms with Crippen LogP contribution >= 0.6 is 23.4 Å². The highest BCUT2D eigenvalue weighted by Gasteiger charge is 2.50. The number of nitrogens with zero attached hydrogens (tertiary/aromatic N) is 2. The maximum Gasteiger partial charge on any atom is 0.343 e. The number of alkyl halides is 1. The zero-order chi connectivity index (χ0) is 32.5. The molecule has 4 aromatic rings. The monoisotopic (exact) mass is 659 g/mol. The number of benzene rings is 4. The van der Waals surface area contributed by atoms with Crippen LogP contribution in [-0.4, -0.2) is 39.5 Å². The van der Waals surface area contributed by atoms with Gasteiger partial charge in [0.2, 0.25) is 0 Å². The quantitative estimate of drug-likeness (QED) is 0.0660. The normalized spacial score (nSPS) is 21.3. The third-order valence-corrected chi connectivity index (χ3v) is 10.5. The van der Waals surface area contributed by atoms with Gasteiger partial charge in [-0.3, -0.25) is 20.2 Å². The molecule has 0 saturated heterocycles. The van der Waals surface area contributed by atoms with Gasteiger partial charge in [-0.1, -0.05) is 36.4 Å². The van der Waals surface area contributed by atoms with Crippen molar-refractivity contribution in [1.82, 2.24) is 0 Å². The van der Waals surface area contributed by atoms with Gasteiger partial charge in [0.15, 0.2) is 0 Å². The summed E-state index contributed by atoms with van der Waals surface area (Å²) in [5, 5.41) is 25.9. The van der Waals surface area contributed by atoms with Crippen LogP contribution in [0.2, 0.25) is 0 Å². The fourth-order valence-corrected chi connectivity index (χ4v) is 8.18. The Morgan fingerprint density at radius 1 is 0.913 bits per heavy atom. The van der Waals surface area contributed by atoms with Crippen molar-refractivity contribution in [1.29, 1.82) is 0 Å². The van der Waals surface area contributed by atoms with Crippen molar-refractivity contribution in [2.45, 2.75) is 33.9 Å². The van der Waals surface area contributed by atoms with Crippen LogP contribution in [-0.2, 0) is 4.74 Å². The average molecular weight is 660 g/mol. The van der Waals surface area contributed by atoms with E-state index in [0.29, 0.717) is 11.3 Å². The molecular weight excluding hydrogens is 634 g/mol. The lowest BCUT2D eigenvalue weighted by Gasteiger charge is -2.38. The Morgan fingerprint density at radius 2 is 1.63 bits per heavy atom. The van der Waals surface area contributed by atoms with E-state index >= 15 is 0 Å². The summed E-state index contributed by atoms with van der Waals surface area (Å²) >= 11 is 8.59. The number of carbonyl (C=O) groups is 2. The molecule has 6 rings (SSSR count). The first-order valence-corrected chi connectivity index (χ1v) is 15.6. The highest BCUT2D eigenvalue weighted by atomic mass is 35.5. The zero-order valence-corrected chi connectivity index (χ0v) is 25.8. The lowest BCUT2D eigenvalue weighted by molar-refractivity contribution is -0.387. The Morgan fingerprint density at radius 3 is 2.35 bits per heavy atom. The van der Waals surface area contributed by atoms with Gasteiger partial charge in [-0.2, -0.15) is 0 Å². The number of nitro groups is 2. The molecule has 0 amide bonds. The molecule has 5 atom stereocenters. The minimum Gasteiger partial charge on any atom is -0.465 e. The highest BCUT2D eigenvalue weighted by molar-refractivity contribution is 8.00. The third-order valence-electron chi connectivity index (χ3n) is 8.35. The van der Waals surface area contributed by atoms with Gasteiger partial charge >= 0.3 is 11.9 Å². The number of fused-ring (bicyclic) bond motifs is 3. The lowest BCUT2D eigenvalue weighted by Crippen LogP contribution is -2.31. The largest absolute Gasteiger partial charge is 0.465 e. The number of methoxy groups -OCH3 is 1. The van der Waals surface area contributed by atoms with E-state index in [1.54, 1.807) is 60.7 Å². The maximum atomic E-state index is 13.4. The van der Waals surface area contributed by atoms with Crippen molar-refractivity contribution < 1.29 is 28.9 Å². The molecule has 1 aliphatic carbocycles. The number of thioether (sulfide) groups is 1.